The molecule has 2 heterocycles. The van der Waals surface area contributed by atoms with Crippen LogP contribution < -0.4 is 5.32 Å². The maximum absolute atomic E-state index is 12.8. The van der Waals surface area contributed by atoms with Crippen LogP contribution in [-0.4, -0.2) is 60.1 Å². The first-order valence-corrected chi connectivity index (χ1v) is 12.6. The largest absolute Gasteiger partial charge is 0.382 e. The highest BCUT2D eigenvalue weighted by molar-refractivity contribution is 6.30. The molecule has 186 valence electrons. The van der Waals surface area contributed by atoms with Gasteiger partial charge in [0, 0.05) is 37.6 Å². The molecule has 0 bridgehead atoms. The van der Waals surface area contributed by atoms with Crippen LogP contribution >= 0.6 is 11.6 Å². The number of fused-ring (bicyclic) bond motifs is 2. The summed E-state index contributed by atoms with van der Waals surface area (Å²) in [6.45, 7) is 9.54. The van der Waals surface area contributed by atoms with Gasteiger partial charge in [0.05, 0.1) is 31.1 Å². The zero-order valence-corrected chi connectivity index (χ0v) is 21.7. The fourth-order valence-electron chi connectivity index (χ4n) is 5.59. The summed E-state index contributed by atoms with van der Waals surface area (Å²) in [4.78, 5) is 15.2. The minimum atomic E-state index is -0.162. The molecule has 2 aliphatic rings. The Morgan fingerprint density at radius 1 is 1.26 bits per heavy atom. The maximum atomic E-state index is 12.8. The molecule has 34 heavy (non-hydrogen) atoms. The van der Waals surface area contributed by atoms with Crippen LogP contribution in [0.5, 0.6) is 0 Å². The van der Waals surface area contributed by atoms with Gasteiger partial charge in [-0.3, -0.25) is 14.4 Å². The summed E-state index contributed by atoms with van der Waals surface area (Å²) in [5.41, 5.74) is 4.42. The van der Waals surface area contributed by atoms with Crippen LogP contribution in [0.25, 0.3) is 0 Å². The Morgan fingerprint density at radius 2 is 1.97 bits per heavy atom. The Morgan fingerprint density at radius 3 is 2.59 bits per heavy atom. The number of rotatable bonds is 8. The lowest BCUT2D eigenvalue weighted by molar-refractivity contribution is -0.127. The second-order valence-electron chi connectivity index (χ2n) is 9.92. The molecule has 2 aromatic rings. The molecule has 1 aromatic carbocycles. The number of methoxy groups -OCH3 is 1. The lowest BCUT2D eigenvalue weighted by Gasteiger charge is -2.44. The summed E-state index contributed by atoms with van der Waals surface area (Å²) >= 11 is 6.51. The second-order valence-corrected chi connectivity index (χ2v) is 10.3. The van der Waals surface area contributed by atoms with Crippen LogP contribution in [0, 0.1) is 12.8 Å². The highest BCUT2D eigenvalue weighted by atomic mass is 35.5. The third kappa shape index (κ3) is 4.63. The highest BCUT2D eigenvalue weighted by Crippen LogP contribution is 2.52. The van der Waals surface area contributed by atoms with E-state index >= 15 is 0 Å². The molecule has 2 atom stereocenters. The number of aromatic nitrogens is 2. The van der Waals surface area contributed by atoms with Crippen molar-refractivity contribution in [3.8, 4) is 0 Å². The molecule has 1 aromatic heterocycles. The van der Waals surface area contributed by atoms with Gasteiger partial charge in [-0.15, -0.1) is 0 Å². The van der Waals surface area contributed by atoms with Crippen LogP contribution in [0.1, 0.15) is 55.1 Å². The quantitative estimate of drug-likeness (QED) is 0.573. The predicted octanol–water partition coefficient (Wildman–Crippen LogP) is 3.77. The Bertz CT molecular complexity index is 1010. The van der Waals surface area contributed by atoms with Gasteiger partial charge >= 0.3 is 0 Å². The van der Waals surface area contributed by atoms with E-state index in [1.54, 1.807) is 11.8 Å². The smallest absolute Gasteiger partial charge is 0.223 e. The van der Waals surface area contributed by atoms with E-state index in [1.165, 1.54) is 11.1 Å². The van der Waals surface area contributed by atoms with E-state index < -0.39 is 0 Å². The van der Waals surface area contributed by atoms with Crippen LogP contribution in [-0.2, 0) is 33.3 Å². The molecule has 1 amide bonds. The number of likely N-dealkylation sites (tertiary alicyclic amines) is 1. The van der Waals surface area contributed by atoms with Crippen molar-refractivity contribution < 1.29 is 14.3 Å². The molecule has 7 nitrogen and oxygen atoms in total. The minimum absolute atomic E-state index is 0.0522. The molecular weight excluding hydrogens is 452 g/mol. The number of ether oxygens (including phenoxy) is 2. The number of piperidine rings is 1. The van der Waals surface area contributed by atoms with Crippen LogP contribution in [0.15, 0.2) is 24.3 Å². The van der Waals surface area contributed by atoms with Gasteiger partial charge in [-0.25, -0.2) is 0 Å². The van der Waals surface area contributed by atoms with Crippen molar-refractivity contribution in [3.63, 3.8) is 0 Å². The van der Waals surface area contributed by atoms with Crippen molar-refractivity contribution >= 4 is 17.5 Å². The molecule has 1 fully saturated rings. The van der Waals surface area contributed by atoms with Gasteiger partial charge in [-0.1, -0.05) is 49.7 Å². The molecule has 8 heteroatoms. The average molecular weight is 489 g/mol. The number of benzene rings is 1. The molecule has 1 aliphatic heterocycles. The van der Waals surface area contributed by atoms with Crippen LogP contribution in [0.2, 0.25) is 5.15 Å². The molecule has 1 spiro atoms. The predicted molar refractivity (Wildman–Crippen MR) is 133 cm³/mol. The van der Waals surface area contributed by atoms with E-state index in [-0.39, 0.29) is 29.4 Å². The number of amides is 1. The van der Waals surface area contributed by atoms with Gasteiger partial charge in [0.25, 0.3) is 0 Å². The van der Waals surface area contributed by atoms with Gasteiger partial charge < -0.3 is 14.8 Å². The van der Waals surface area contributed by atoms with Crippen molar-refractivity contribution in [2.75, 3.05) is 33.4 Å². The fraction of sp³-hybridized carbons (Fsp3) is 0.615. The standard InChI is InChI=1S/C26H37ClN4O3/c1-17(2)25(32)28-22-19-8-6-7-9-21(19)26(23(22)34-15-14-33-5)10-12-31(13-11-26)16-20-18(3)29-30(4)24(20)27/h6-9,17,22-23H,10-16H2,1-5H3,(H,28,32)/t22-,23+/m1/s1. The number of aryl methyl sites for hydroxylation is 2. The van der Waals surface area contributed by atoms with Crippen molar-refractivity contribution in [1.82, 2.24) is 20.0 Å². The number of carbonyl (C=O) groups is 1. The lowest BCUT2D eigenvalue weighted by Crippen LogP contribution is -2.51. The number of nitrogens with zero attached hydrogens (tertiary/aromatic N) is 3. The molecule has 0 saturated carbocycles. The number of carbonyl (C=O) groups excluding carboxylic acids is 1. The molecule has 1 saturated heterocycles. The van der Waals surface area contributed by atoms with Gasteiger partial charge in [0.15, 0.2) is 0 Å². The number of nitrogens with one attached hydrogen (secondary N) is 1. The van der Waals surface area contributed by atoms with Crippen molar-refractivity contribution in [3.05, 3.63) is 51.8 Å². The van der Waals surface area contributed by atoms with Gasteiger partial charge in [-0.2, -0.15) is 5.10 Å². The lowest BCUT2D eigenvalue weighted by atomic mass is 9.71. The normalized spacial score (nSPS) is 21.9. The topological polar surface area (TPSA) is 68.6 Å². The second kappa shape index (κ2) is 10.4. The SMILES string of the molecule is COCCO[C@H]1[C@H](NC(=O)C(C)C)c2ccccc2C12CCN(Cc1c(C)nn(C)c1Cl)CC2. The fourth-order valence-corrected chi connectivity index (χ4v) is 5.82. The molecule has 4 rings (SSSR count). The monoisotopic (exact) mass is 488 g/mol. The minimum Gasteiger partial charge on any atom is -0.382 e. The zero-order chi connectivity index (χ0) is 24.5. The summed E-state index contributed by atoms with van der Waals surface area (Å²) < 4.78 is 13.5. The Hall–Kier alpha value is -1.93. The number of hydrogen-bond donors (Lipinski definition) is 1. The molecule has 1 N–H and O–H groups in total. The summed E-state index contributed by atoms with van der Waals surface area (Å²) in [7, 11) is 3.57. The average Bonchev–Trinajstić information content (AvgIpc) is 3.21. The van der Waals surface area contributed by atoms with E-state index in [4.69, 9.17) is 21.1 Å². The van der Waals surface area contributed by atoms with E-state index in [9.17, 15) is 4.79 Å². The van der Waals surface area contributed by atoms with E-state index in [0.29, 0.717) is 18.4 Å². The van der Waals surface area contributed by atoms with Crippen molar-refractivity contribution in [1.29, 1.82) is 0 Å². The summed E-state index contributed by atoms with van der Waals surface area (Å²) in [6.07, 6.45) is 1.77. The van der Waals surface area contributed by atoms with Gasteiger partial charge in [-0.05, 0) is 44.0 Å². The first kappa shape index (κ1) is 25.2. The first-order valence-electron chi connectivity index (χ1n) is 12.2. The molecule has 0 radical (unpaired) electrons. The molecule has 1 aliphatic carbocycles. The van der Waals surface area contributed by atoms with E-state index in [0.717, 1.165) is 43.7 Å². The molecule has 0 unspecified atom stereocenters. The first-order chi connectivity index (χ1) is 16.3. The number of hydrogen-bond acceptors (Lipinski definition) is 5. The van der Waals surface area contributed by atoms with Crippen molar-refractivity contribution in [2.45, 2.75) is 57.7 Å². The van der Waals surface area contributed by atoms with Gasteiger partial charge in [0.2, 0.25) is 5.91 Å². The van der Waals surface area contributed by atoms with Crippen LogP contribution in [0.4, 0.5) is 0 Å². The maximum Gasteiger partial charge on any atom is 0.223 e. The third-order valence-electron chi connectivity index (χ3n) is 7.49. The van der Waals surface area contributed by atoms with Crippen LogP contribution in [0.3, 0.4) is 0 Å². The van der Waals surface area contributed by atoms with E-state index in [2.05, 4.69) is 39.6 Å². The van der Waals surface area contributed by atoms with E-state index in [1.807, 2.05) is 27.8 Å². The third-order valence-corrected chi connectivity index (χ3v) is 7.96. The zero-order valence-electron chi connectivity index (χ0n) is 20.9. The highest BCUT2D eigenvalue weighted by Gasteiger charge is 2.54. The van der Waals surface area contributed by atoms with Gasteiger partial charge in [0.1, 0.15) is 5.15 Å². The van der Waals surface area contributed by atoms with Crippen molar-refractivity contribution in [2.24, 2.45) is 13.0 Å². The Kier molecular flexibility index (Phi) is 7.67. The Balaban J connectivity index is 1.60. The summed E-state index contributed by atoms with van der Waals surface area (Å²) in [5, 5.41) is 8.48. The summed E-state index contributed by atoms with van der Waals surface area (Å²) in [5.74, 6) is -0.0334. The molecular formula is C26H37ClN4O3. The Labute approximate surface area is 207 Å². The number of halogens is 1. The summed E-state index contributed by atoms with van der Waals surface area (Å²) in [6, 6.07) is 8.37.